The molecule has 5 rings (SSSR count). The molecule has 0 spiro atoms. The smallest absolute Gasteiger partial charge is 0.343 e. The van der Waals surface area contributed by atoms with Gasteiger partial charge in [0.05, 0.1) is 25.0 Å². The van der Waals surface area contributed by atoms with Gasteiger partial charge in [-0.15, -0.1) is 12.3 Å². The van der Waals surface area contributed by atoms with Gasteiger partial charge in [0, 0.05) is 17.4 Å². The lowest BCUT2D eigenvalue weighted by Gasteiger charge is -2.19. The molecule has 3 aromatic rings. The van der Waals surface area contributed by atoms with E-state index < -0.39 is 23.7 Å². The molecule has 1 saturated carbocycles. The highest BCUT2D eigenvalue weighted by Crippen LogP contribution is 2.37. The van der Waals surface area contributed by atoms with Crippen LogP contribution in [0, 0.1) is 18.3 Å². The van der Waals surface area contributed by atoms with E-state index in [1.54, 1.807) is 10.9 Å². The fraction of sp³-hybridized carbons (Fsp3) is 0.440. The van der Waals surface area contributed by atoms with Gasteiger partial charge in [-0.1, -0.05) is 42.8 Å². The number of nitrogens with one attached hydrogen (secondary N) is 1. The molecule has 4 atom stereocenters. The van der Waals surface area contributed by atoms with Crippen LogP contribution in [-0.4, -0.2) is 54.8 Å². The summed E-state index contributed by atoms with van der Waals surface area (Å²) in [5.74, 6) is 2.05. The molecule has 2 fully saturated rings. The van der Waals surface area contributed by atoms with Crippen molar-refractivity contribution in [3.05, 3.63) is 41.9 Å². The number of halogens is 1. The van der Waals surface area contributed by atoms with Crippen LogP contribution in [0.15, 0.2) is 41.6 Å². The number of rotatable bonds is 9. The van der Waals surface area contributed by atoms with Crippen molar-refractivity contribution in [2.24, 2.45) is 5.92 Å². The third-order valence-corrected chi connectivity index (χ3v) is 7.72. The van der Waals surface area contributed by atoms with Crippen molar-refractivity contribution in [1.29, 1.82) is 0 Å². The summed E-state index contributed by atoms with van der Waals surface area (Å²) in [6.45, 7) is 0.0407. The average molecular weight is 528 g/mol. The third-order valence-electron chi connectivity index (χ3n) is 6.45. The number of carbonyl (C=O) groups is 1. The Morgan fingerprint density at radius 3 is 2.83 bits per heavy atom. The van der Waals surface area contributed by atoms with E-state index >= 15 is 0 Å². The SMILES string of the molecule is C#CC1CC(n2cnc3c(NC4CCCC4)nc(Cl)nc32)OC1COC(Sc1ccccc1)C(=O)O. The minimum Gasteiger partial charge on any atom is -0.479 e. The van der Waals surface area contributed by atoms with Crippen LogP contribution in [0.25, 0.3) is 11.2 Å². The van der Waals surface area contributed by atoms with Crippen LogP contribution in [0.1, 0.15) is 38.3 Å². The number of ether oxygens (including phenoxy) is 2. The number of hydrogen-bond donors (Lipinski definition) is 2. The van der Waals surface area contributed by atoms with Crippen LogP contribution in [0.4, 0.5) is 5.82 Å². The Kier molecular flexibility index (Phi) is 7.62. The normalized spacial score (nSPS) is 23.1. The van der Waals surface area contributed by atoms with Crippen LogP contribution in [0.2, 0.25) is 5.28 Å². The van der Waals surface area contributed by atoms with Gasteiger partial charge in [-0.2, -0.15) is 9.97 Å². The molecule has 0 radical (unpaired) electrons. The van der Waals surface area contributed by atoms with Crippen molar-refractivity contribution in [2.45, 2.75) is 60.8 Å². The van der Waals surface area contributed by atoms with Crippen molar-refractivity contribution < 1.29 is 19.4 Å². The van der Waals surface area contributed by atoms with E-state index in [1.165, 1.54) is 12.8 Å². The number of nitrogens with zero attached hydrogens (tertiary/aromatic N) is 4. The van der Waals surface area contributed by atoms with Gasteiger partial charge in [0.25, 0.3) is 0 Å². The number of benzene rings is 1. The third kappa shape index (κ3) is 5.44. The van der Waals surface area contributed by atoms with E-state index in [1.807, 2.05) is 30.3 Å². The van der Waals surface area contributed by atoms with Crippen molar-refractivity contribution >= 4 is 46.3 Å². The molecule has 1 aliphatic heterocycles. The van der Waals surface area contributed by atoms with E-state index in [9.17, 15) is 9.90 Å². The molecule has 4 unspecified atom stereocenters. The second-order valence-corrected chi connectivity index (χ2v) is 10.3. The van der Waals surface area contributed by atoms with E-state index in [2.05, 4.69) is 26.2 Å². The van der Waals surface area contributed by atoms with Crippen molar-refractivity contribution in [2.75, 3.05) is 11.9 Å². The zero-order valence-corrected chi connectivity index (χ0v) is 21.0. The van der Waals surface area contributed by atoms with Crippen LogP contribution in [-0.2, 0) is 14.3 Å². The molecule has 36 heavy (non-hydrogen) atoms. The highest BCUT2D eigenvalue weighted by atomic mass is 35.5. The zero-order chi connectivity index (χ0) is 25.1. The van der Waals surface area contributed by atoms with E-state index in [-0.39, 0.29) is 17.8 Å². The summed E-state index contributed by atoms with van der Waals surface area (Å²) in [5, 5.41) is 13.2. The maximum Gasteiger partial charge on any atom is 0.343 e. The highest BCUT2D eigenvalue weighted by molar-refractivity contribution is 8.00. The molecule has 3 heterocycles. The van der Waals surface area contributed by atoms with Gasteiger partial charge in [0.2, 0.25) is 10.7 Å². The first-order chi connectivity index (χ1) is 17.5. The standard InChI is InChI=1S/C25H26ClN5O4S/c1-2-15-12-19(35-18(15)13-34-24(23(32)33)36-17-10-4-3-5-11-17)31-14-27-20-21(28-16-8-6-7-9-16)29-25(26)30-22(20)31/h1,3-5,10-11,14-16,18-19,24H,6-9,12-13H2,(H,32,33)(H,28,29,30). The van der Waals surface area contributed by atoms with Gasteiger partial charge >= 0.3 is 5.97 Å². The number of thioether (sulfide) groups is 1. The number of anilines is 1. The number of carboxylic acids is 1. The first-order valence-electron chi connectivity index (χ1n) is 11.9. The Bertz CT molecular complexity index is 1260. The Morgan fingerprint density at radius 2 is 2.11 bits per heavy atom. The van der Waals surface area contributed by atoms with Gasteiger partial charge in [-0.3, -0.25) is 4.57 Å². The number of aliphatic carboxylic acids is 1. The molecule has 0 amide bonds. The lowest BCUT2D eigenvalue weighted by molar-refractivity contribution is -0.146. The van der Waals surface area contributed by atoms with E-state index in [4.69, 9.17) is 27.5 Å². The molecule has 188 valence electrons. The molecule has 1 aromatic carbocycles. The molecule has 9 nitrogen and oxygen atoms in total. The molecule has 11 heteroatoms. The van der Waals surface area contributed by atoms with Crippen LogP contribution >= 0.6 is 23.4 Å². The predicted molar refractivity (Wildman–Crippen MR) is 137 cm³/mol. The van der Waals surface area contributed by atoms with Gasteiger partial charge in [0.15, 0.2) is 17.0 Å². The Hall–Kier alpha value is -2.84. The highest BCUT2D eigenvalue weighted by Gasteiger charge is 2.37. The van der Waals surface area contributed by atoms with Crippen LogP contribution in [0.3, 0.4) is 0 Å². The summed E-state index contributed by atoms with van der Waals surface area (Å²) in [5.41, 5.74) is 0.0938. The van der Waals surface area contributed by atoms with Gasteiger partial charge in [-0.05, 0) is 36.6 Å². The average Bonchev–Trinajstić information content (AvgIpc) is 3.62. The summed E-state index contributed by atoms with van der Waals surface area (Å²) >= 11 is 7.38. The summed E-state index contributed by atoms with van der Waals surface area (Å²) in [6, 6.07) is 9.58. The maximum atomic E-state index is 11.8. The fourth-order valence-electron chi connectivity index (χ4n) is 4.66. The van der Waals surface area contributed by atoms with Crippen LogP contribution < -0.4 is 5.32 Å². The lowest BCUT2D eigenvalue weighted by Crippen LogP contribution is -2.28. The molecule has 2 aliphatic rings. The van der Waals surface area contributed by atoms with Crippen molar-refractivity contribution in [1.82, 2.24) is 19.5 Å². The van der Waals surface area contributed by atoms with Crippen molar-refractivity contribution in [3.8, 4) is 12.3 Å². The second kappa shape index (κ2) is 11.0. The number of aromatic nitrogens is 4. The number of terminal acetylenes is 1. The van der Waals surface area contributed by atoms with E-state index in [0.717, 1.165) is 29.5 Å². The summed E-state index contributed by atoms with van der Waals surface area (Å²) in [4.78, 5) is 25.9. The topological polar surface area (TPSA) is 111 Å². The fourth-order valence-corrected chi connectivity index (χ4v) is 5.63. The summed E-state index contributed by atoms with van der Waals surface area (Å²) in [7, 11) is 0. The van der Waals surface area contributed by atoms with Crippen LogP contribution in [0.5, 0.6) is 0 Å². The number of hydrogen-bond acceptors (Lipinski definition) is 8. The summed E-state index contributed by atoms with van der Waals surface area (Å²) in [6.07, 6.45) is 11.6. The Balaban J connectivity index is 1.30. The second-order valence-electron chi connectivity index (χ2n) is 8.86. The molecule has 0 bridgehead atoms. The monoisotopic (exact) mass is 527 g/mol. The molecular formula is C25H26ClN5O4S. The van der Waals surface area contributed by atoms with Gasteiger partial charge in [0.1, 0.15) is 6.23 Å². The van der Waals surface area contributed by atoms with Gasteiger partial charge < -0.3 is 19.9 Å². The molecule has 1 aliphatic carbocycles. The molecule has 2 N–H and O–H groups in total. The molecule has 2 aromatic heterocycles. The van der Waals surface area contributed by atoms with E-state index in [0.29, 0.717) is 29.4 Å². The first kappa shape index (κ1) is 24.8. The minimum atomic E-state index is -1.08. The molecule has 1 saturated heterocycles. The zero-order valence-electron chi connectivity index (χ0n) is 19.4. The summed E-state index contributed by atoms with van der Waals surface area (Å²) < 4.78 is 13.8. The Morgan fingerprint density at radius 1 is 1.33 bits per heavy atom. The number of carboxylic acid groups (broad SMARTS) is 1. The quantitative estimate of drug-likeness (QED) is 0.178. The van der Waals surface area contributed by atoms with Gasteiger partial charge in [-0.25, -0.2) is 9.78 Å². The number of imidazole rings is 1. The number of fused-ring (bicyclic) bond motifs is 1. The Labute approximate surface area is 218 Å². The first-order valence-corrected chi connectivity index (χ1v) is 13.1. The predicted octanol–water partition coefficient (Wildman–Crippen LogP) is 4.59. The minimum absolute atomic E-state index is 0.0407. The maximum absolute atomic E-state index is 11.8. The lowest BCUT2D eigenvalue weighted by atomic mass is 10.0. The molecular weight excluding hydrogens is 502 g/mol. The van der Waals surface area contributed by atoms with Crippen molar-refractivity contribution in [3.63, 3.8) is 0 Å². The largest absolute Gasteiger partial charge is 0.479 e.